The lowest BCUT2D eigenvalue weighted by atomic mass is 10.1. The van der Waals surface area contributed by atoms with Gasteiger partial charge in [0, 0.05) is 5.56 Å². The van der Waals surface area contributed by atoms with Gasteiger partial charge in [0.05, 0.1) is 33.6 Å². The molecule has 0 radical (unpaired) electrons. The van der Waals surface area contributed by atoms with Crippen LogP contribution >= 0.6 is 11.3 Å². The zero-order valence-electron chi connectivity index (χ0n) is 18.8. The van der Waals surface area contributed by atoms with Gasteiger partial charge in [-0.15, -0.1) is 0 Å². The summed E-state index contributed by atoms with van der Waals surface area (Å²) < 4.78 is 6.41. The zero-order valence-corrected chi connectivity index (χ0v) is 19.7. The van der Waals surface area contributed by atoms with E-state index in [4.69, 9.17) is 4.74 Å². The first-order valence-corrected chi connectivity index (χ1v) is 11.6. The number of aryl methyl sites for hydroxylation is 2. The van der Waals surface area contributed by atoms with Crippen molar-refractivity contribution in [3.8, 4) is 5.75 Å². The SMILES string of the molecule is CCOc1ccc2nc(NC(=O)c3ccc4c(c3)C(=O)N(c3ccc(C)cc3C)C4=O)sc2c1. The lowest BCUT2D eigenvalue weighted by Gasteiger charge is -2.16. The summed E-state index contributed by atoms with van der Waals surface area (Å²) in [5, 5.41) is 3.23. The van der Waals surface area contributed by atoms with Crippen LogP contribution in [0.5, 0.6) is 5.75 Å². The van der Waals surface area contributed by atoms with E-state index in [1.165, 1.54) is 28.4 Å². The Labute approximate surface area is 200 Å². The number of rotatable bonds is 5. The monoisotopic (exact) mass is 471 g/mol. The Hall–Kier alpha value is -4.04. The molecule has 0 saturated heterocycles. The minimum atomic E-state index is -0.440. The molecule has 0 bridgehead atoms. The predicted octanol–water partition coefficient (Wildman–Crippen LogP) is 5.36. The van der Waals surface area contributed by atoms with Crippen LogP contribution in [0.15, 0.2) is 54.6 Å². The van der Waals surface area contributed by atoms with Crippen LogP contribution < -0.4 is 15.0 Å². The summed E-state index contributed by atoms with van der Waals surface area (Å²) in [5.74, 6) is -0.496. The minimum absolute atomic E-state index is 0.211. The molecule has 3 aromatic carbocycles. The highest BCUT2D eigenvalue weighted by molar-refractivity contribution is 7.22. The molecule has 34 heavy (non-hydrogen) atoms. The number of fused-ring (bicyclic) bond motifs is 2. The third-order valence-corrected chi connectivity index (χ3v) is 6.57. The van der Waals surface area contributed by atoms with Crippen molar-refractivity contribution in [2.24, 2.45) is 0 Å². The molecule has 1 aliphatic rings. The first-order valence-electron chi connectivity index (χ1n) is 10.8. The number of thiazole rings is 1. The van der Waals surface area contributed by atoms with Gasteiger partial charge in [0.25, 0.3) is 17.7 Å². The van der Waals surface area contributed by atoms with Gasteiger partial charge in [-0.1, -0.05) is 29.0 Å². The van der Waals surface area contributed by atoms with Crippen molar-refractivity contribution in [3.63, 3.8) is 0 Å². The Balaban J connectivity index is 1.40. The average molecular weight is 472 g/mol. The number of hydrogen-bond donors (Lipinski definition) is 1. The normalized spacial score (nSPS) is 12.9. The van der Waals surface area contributed by atoms with E-state index in [2.05, 4.69) is 10.3 Å². The fraction of sp³-hybridized carbons (Fsp3) is 0.154. The zero-order chi connectivity index (χ0) is 24.0. The summed E-state index contributed by atoms with van der Waals surface area (Å²) in [6, 6.07) is 15.7. The molecule has 0 saturated carbocycles. The van der Waals surface area contributed by atoms with Gasteiger partial charge in [0.1, 0.15) is 5.75 Å². The van der Waals surface area contributed by atoms with Gasteiger partial charge in [0.15, 0.2) is 5.13 Å². The molecular formula is C26H21N3O4S. The Morgan fingerprint density at radius 2 is 1.79 bits per heavy atom. The second kappa shape index (κ2) is 8.39. The van der Waals surface area contributed by atoms with Gasteiger partial charge < -0.3 is 4.74 Å². The molecule has 1 aliphatic heterocycles. The predicted molar refractivity (Wildman–Crippen MR) is 132 cm³/mol. The molecule has 5 rings (SSSR count). The number of imide groups is 1. The lowest BCUT2D eigenvalue weighted by Crippen LogP contribution is -2.30. The Morgan fingerprint density at radius 1 is 1.00 bits per heavy atom. The highest BCUT2D eigenvalue weighted by Gasteiger charge is 2.37. The Morgan fingerprint density at radius 3 is 2.56 bits per heavy atom. The Bertz CT molecular complexity index is 1490. The van der Waals surface area contributed by atoms with E-state index in [0.717, 1.165) is 27.1 Å². The first-order chi connectivity index (χ1) is 16.4. The molecule has 0 spiro atoms. The molecule has 0 atom stereocenters. The van der Waals surface area contributed by atoms with E-state index in [-0.39, 0.29) is 16.7 Å². The molecule has 8 heteroatoms. The number of hydrogen-bond acceptors (Lipinski definition) is 6. The smallest absolute Gasteiger partial charge is 0.266 e. The van der Waals surface area contributed by atoms with E-state index in [1.54, 1.807) is 12.1 Å². The van der Waals surface area contributed by atoms with E-state index < -0.39 is 17.7 Å². The van der Waals surface area contributed by atoms with Crippen molar-refractivity contribution in [1.82, 2.24) is 4.98 Å². The van der Waals surface area contributed by atoms with Crippen molar-refractivity contribution in [2.45, 2.75) is 20.8 Å². The second-order valence-electron chi connectivity index (χ2n) is 8.03. The van der Waals surface area contributed by atoms with Gasteiger partial charge in [-0.3, -0.25) is 19.7 Å². The topological polar surface area (TPSA) is 88.6 Å². The quantitative estimate of drug-likeness (QED) is 0.396. The van der Waals surface area contributed by atoms with Crippen LogP contribution in [0.3, 0.4) is 0 Å². The highest BCUT2D eigenvalue weighted by atomic mass is 32.1. The van der Waals surface area contributed by atoms with Crippen LogP contribution in [0, 0.1) is 13.8 Å². The Kier molecular flexibility index (Phi) is 5.37. The summed E-state index contributed by atoms with van der Waals surface area (Å²) in [6.07, 6.45) is 0. The van der Waals surface area contributed by atoms with Gasteiger partial charge in [-0.05, 0) is 68.8 Å². The summed E-state index contributed by atoms with van der Waals surface area (Å²) in [5.41, 5.74) is 3.94. The van der Waals surface area contributed by atoms with Crippen LogP contribution in [0.4, 0.5) is 10.8 Å². The molecule has 0 unspecified atom stereocenters. The van der Waals surface area contributed by atoms with Crippen LogP contribution in [-0.4, -0.2) is 29.3 Å². The molecule has 7 nitrogen and oxygen atoms in total. The van der Waals surface area contributed by atoms with Crippen molar-refractivity contribution >= 4 is 50.1 Å². The van der Waals surface area contributed by atoms with Crippen molar-refractivity contribution < 1.29 is 19.1 Å². The van der Waals surface area contributed by atoms with Gasteiger partial charge in [-0.2, -0.15) is 0 Å². The largest absolute Gasteiger partial charge is 0.494 e. The standard InChI is InChI=1S/C26H21N3O4S/c1-4-33-17-7-9-20-22(13-17)34-26(27-20)28-23(30)16-6-8-18-19(12-16)25(32)29(24(18)31)21-10-5-14(2)11-15(21)3/h5-13H,4H2,1-3H3,(H,27,28,30). The lowest BCUT2D eigenvalue weighted by molar-refractivity contribution is 0.0925. The molecule has 3 amide bonds. The number of ether oxygens (including phenoxy) is 1. The van der Waals surface area contributed by atoms with Crippen LogP contribution in [-0.2, 0) is 0 Å². The summed E-state index contributed by atoms with van der Waals surface area (Å²) >= 11 is 1.33. The maximum absolute atomic E-state index is 13.1. The minimum Gasteiger partial charge on any atom is -0.494 e. The van der Waals surface area contributed by atoms with Crippen LogP contribution in [0.25, 0.3) is 10.2 Å². The molecule has 4 aromatic rings. The second-order valence-corrected chi connectivity index (χ2v) is 9.06. The molecule has 1 N–H and O–H groups in total. The van der Waals surface area contributed by atoms with Gasteiger partial charge in [0.2, 0.25) is 0 Å². The first kappa shape index (κ1) is 21.8. The third kappa shape index (κ3) is 3.72. The van der Waals surface area contributed by atoms with Gasteiger partial charge >= 0.3 is 0 Å². The molecule has 0 fully saturated rings. The summed E-state index contributed by atoms with van der Waals surface area (Å²) in [6.45, 7) is 6.29. The van der Waals surface area contributed by atoms with Crippen molar-refractivity contribution in [3.05, 3.63) is 82.4 Å². The van der Waals surface area contributed by atoms with Crippen molar-refractivity contribution in [1.29, 1.82) is 0 Å². The highest BCUT2D eigenvalue weighted by Crippen LogP contribution is 2.33. The number of aromatic nitrogens is 1. The maximum atomic E-state index is 13.1. The van der Waals surface area contributed by atoms with E-state index in [1.807, 2.05) is 51.1 Å². The number of carbonyl (C=O) groups excluding carboxylic acids is 3. The molecule has 0 aliphatic carbocycles. The van der Waals surface area contributed by atoms with E-state index in [9.17, 15) is 14.4 Å². The molecule has 170 valence electrons. The van der Waals surface area contributed by atoms with Crippen molar-refractivity contribution in [2.75, 3.05) is 16.8 Å². The molecule has 1 aromatic heterocycles. The third-order valence-electron chi connectivity index (χ3n) is 5.63. The summed E-state index contributed by atoms with van der Waals surface area (Å²) in [7, 11) is 0. The van der Waals surface area contributed by atoms with E-state index in [0.29, 0.717) is 17.4 Å². The number of anilines is 2. The van der Waals surface area contributed by atoms with Crippen LogP contribution in [0.2, 0.25) is 0 Å². The van der Waals surface area contributed by atoms with Gasteiger partial charge in [-0.25, -0.2) is 9.88 Å². The fourth-order valence-electron chi connectivity index (χ4n) is 4.04. The number of nitrogens with zero attached hydrogens (tertiary/aromatic N) is 2. The van der Waals surface area contributed by atoms with E-state index >= 15 is 0 Å². The molecular weight excluding hydrogens is 450 g/mol. The number of nitrogens with one attached hydrogen (secondary N) is 1. The fourth-order valence-corrected chi connectivity index (χ4v) is 4.93. The summed E-state index contributed by atoms with van der Waals surface area (Å²) in [4.78, 5) is 44.6. The van der Waals surface area contributed by atoms with Crippen LogP contribution in [0.1, 0.15) is 49.1 Å². The number of carbonyl (C=O) groups is 3. The number of benzene rings is 3. The molecule has 2 heterocycles. The average Bonchev–Trinajstić information content (AvgIpc) is 3.31. The number of amides is 3. The maximum Gasteiger partial charge on any atom is 0.266 e.